The maximum absolute atomic E-state index is 3.49. The summed E-state index contributed by atoms with van der Waals surface area (Å²) < 4.78 is 0. The summed E-state index contributed by atoms with van der Waals surface area (Å²) in [5.41, 5.74) is 1.35. The van der Waals surface area contributed by atoms with E-state index in [0.717, 1.165) is 32.2 Å². The molecule has 3 heteroatoms. The Morgan fingerprint density at radius 2 is 1.59 bits per heavy atom. The lowest BCUT2D eigenvalue weighted by atomic mass is 10.2. The van der Waals surface area contributed by atoms with E-state index in [1.54, 1.807) is 0 Å². The Morgan fingerprint density at radius 1 is 0.824 bits per heavy atom. The summed E-state index contributed by atoms with van der Waals surface area (Å²) in [6, 6.07) is 11.6. The SMILES string of the molecule is [Si]CCCCCNCCNCc1ccccc1. The maximum Gasteiger partial charge on any atom is 0.0222 e. The van der Waals surface area contributed by atoms with Gasteiger partial charge >= 0.3 is 0 Å². The highest BCUT2D eigenvalue weighted by molar-refractivity contribution is 6.08. The Hall–Kier alpha value is -0.643. The van der Waals surface area contributed by atoms with Gasteiger partial charge in [0.15, 0.2) is 0 Å². The fourth-order valence-electron chi connectivity index (χ4n) is 1.68. The van der Waals surface area contributed by atoms with Crippen molar-refractivity contribution < 1.29 is 0 Å². The molecule has 0 aliphatic heterocycles. The molecule has 0 atom stereocenters. The Balaban J connectivity index is 1.85. The van der Waals surface area contributed by atoms with Gasteiger partial charge in [-0.3, -0.25) is 0 Å². The standard InChI is InChI=1S/C14H23N2Si/c17-12-6-2-5-9-15-10-11-16-13-14-7-3-1-4-8-14/h1,3-4,7-8,15-16H,2,5-6,9-13H2. The average molecular weight is 247 g/mol. The van der Waals surface area contributed by atoms with Crippen molar-refractivity contribution in [2.24, 2.45) is 0 Å². The van der Waals surface area contributed by atoms with Crippen LogP contribution in [0, 0.1) is 0 Å². The quantitative estimate of drug-likeness (QED) is 0.489. The van der Waals surface area contributed by atoms with Crippen molar-refractivity contribution in [3.8, 4) is 0 Å². The van der Waals surface area contributed by atoms with Crippen molar-refractivity contribution >= 4 is 10.2 Å². The molecule has 0 amide bonds. The number of hydrogen-bond acceptors (Lipinski definition) is 2. The molecule has 2 N–H and O–H groups in total. The summed E-state index contributed by atoms with van der Waals surface area (Å²) in [7, 11) is 3.49. The summed E-state index contributed by atoms with van der Waals surface area (Å²) in [4.78, 5) is 0. The second kappa shape index (κ2) is 10.5. The van der Waals surface area contributed by atoms with Crippen molar-refractivity contribution in [3.63, 3.8) is 0 Å². The second-order valence-electron chi connectivity index (χ2n) is 4.22. The molecule has 17 heavy (non-hydrogen) atoms. The smallest absolute Gasteiger partial charge is 0.0222 e. The fourth-order valence-corrected chi connectivity index (χ4v) is 1.93. The lowest BCUT2D eigenvalue weighted by Gasteiger charge is -2.06. The van der Waals surface area contributed by atoms with E-state index in [2.05, 4.69) is 51.2 Å². The molecule has 0 bridgehead atoms. The van der Waals surface area contributed by atoms with Gasteiger partial charge in [0.05, 0.1) is 0 Å². The van der Waals surface area contributed by atoms with Gasteiger partial charge in [0.1, 0.15) is 0 Å². The van der Waals surface area contributed by atoms with Gasteiger partial charge in [0.25, 0.3) is 0 Å². The lowest BCUT2D eigenvalue weighted by molar-refractivity contribution is 0.581. The molecule has 0 aliphatic carbocycles. The molecule has 93 valence electrons. The van der Waals surface area contributed by atoms with Crippen LogP contribution in [-0.2, 0) is 6.54 Å². The second-order valence-corrected chi connectivity index (χ2v) is 4.72. The van der Waals surface area contributed by atoms with Crippen LogP contribution in [0.1, 0.15) is 24.8 Å². The number of unbranched alkanes of at least 4 members (excludes halogenated alkanes) is 2. The van der Waals surface area contributed by atoms with Gasteiger partial charge in [-0.15, -0.1) is 0 Å². The molecule has 0 unspecified atom stereocenters. The van der Waals surface area contributed by atoms with Crippen molar-refractivity contribution in [2.45, 2.75) is 31.9 Å². The minimum atomic E-state index is 0.964. The van der Waals surface area contributed by atoms with E-state index in [1.165, 1.54) is 24.8 Å². The van der Waals surface area contributed by atoms with Gasteiger partial charge < -0.3 is 10.6 Å². The number of hydrogen-bond donors (Lipinski definition) is 2. The highest BCUT2D eigenvalue weighted by atomic mass is 28.1. The van der Waals surface area contributed by atoms with Crippen molar-refractivity contribution in [2.75, 3.05) is 19.6 Å². The van der Waals surface area contributed by atoms with Crippen LogP contribution in [0.3, 0.4) is 0 Å². The van der Waals surface area contributed by atoms with Gasteiger partial charge in [0, 0.05) is 29.9 Å². The maximum atomic E-state index is 3.49. The molecule has 1 aromatic carbocycles. The first-order chi connectivity index (χ1) is 8.43. The Kier molecular flexibility index (Phi) is 8.91. The van der Waals surface area contributed by atoms with Gasteiger partial charge in [0.2, 0.25) is 0 Å². The molecule has 1 aromatic rings. The van der Waals surface area contributed by atoms with Gasteiger partial charge in [-0.1, -0.05) is 49.2 Å². The molecule has 1 rings (SSSR count). The predicted octanol–water partition coefficient (Wildman–Crippen LogP) is 2.12. The third-order valence-electron chi connectivity index (χ3n) is 2.68. The molecule has 0 aromatic heterocycles. The topological polar surface area (TPSA) is 24.1 Å². The highest BCUT2D eigenvalue weighted by Crippen LogP contribution is 1.97. The predicted molar refractivity (Wildman–Crippen MR) is 75.4 cm³/mol. The van der Waals surface area contributed by atoms with Crippen LogP contribution in [0.2, 0.25) is 6.04 Å². The first-order valence-corrected chi connectivity index (χ1v) is 7.24. The third kappa shape index (κ3) is 8.13. The number of rotatable bonds is 10. The Morgan fingerprint density at radius 3 is 2.35 bits per heavy atom. The normalized spacial score (nSPS) is 10.6. The lowest BCUT2D eigenvalue weighted by Crippen LogP contribution is -2.27. The molecular formula is C14H23N2Si. The van der Waals surface area contributed by atoms with Crippen LogP contribution in [0.5, 0.6) is 0 Å². The molecule has 3 radical (unpaired) electrons. The largest absolute Gasteiger partial charge is 0.315 e. The van der Waals surface area contributed by atoms with Crippen molar-refractivity contribution in [3.05, 3.63) is 35.9 Å². The molecule has 0 spiro atoms. The van der Waals surface area contributed by atoms with Gasteiger partial charge in [-0.05, 0) is 18.5 Å². The van der Waals surface area contributed by atoms with Crippen LogP contribution in [0.15, 0.2) is 30.3 Å². The van der Waals surface area contributed by atoms with Crippen LogP contribution >= 0.6 is 0 Å². The van der Waals surface area contributed by atoms with Gasteiger partial charge in [-0.25, -0.2) is 0 Å². The first kappa shape index (κ1) is 14.4. The fraction of sp³-hybridized carbons (Fsp3) is 0.571. The van der Waals surface area contributed by atoms with E-state index in [-0.39, 0.29) is 0 Å². The van der Waals surface area contributed by atoms with Crippen molar-refractivity contribution in [1.82, 2.24) is 10.6 Å². The van der Waals surface area contributed by atoms with E-state index < -0.39 is 0 Å². The molecule has 0 fully saturated rings. The van der Waals surface area contributed by atoms with Crippen LogP contribution < -0.4 is 10.6 Å². The zero-order chi connectivity index (χ0) is 12.2. The van der Waals surface area contributed by atoms with E-state index >= 15 is 0 Å². The minimum Gasteiger partial charge on any atom is -0.315 e. The first-order valence-electron chi connectivity index (χ1n) is 6.53. The summed E-state index contributed by atoms with van der Waals surface area (Å²) in [5.74, 6) is 0. The van der Waals surface area contributed by atoms with E-state index in [1.807, 2.05) is 0 Å². The molecule has 0 saturated carbocycles. The molecular weight excluding hydrogens is 224 g/mol. The number of nitrogens with one attached hydrogen (secondary N) is 2. The third-order valence-corrected chi connectivity index (χ3v) is 3.03. The average Bonchev–Trinajstić information content (AvgIpc) is 2.38. The van der Waals surface area contributed by atoms with Gasteiger partial charge in [-0.2, -0.15) is 0 Å². The zero-order valence-corrected chi connectivity index (χ0v) is 11.5. The van der Waals surface area contributed by atoms with Crippen LogP contribution in [0.25, 0.3) is 0 Å². The summed E-state index contributed by atoms with van der Waals surface area (Å²) in [6.45, 7) is 4.19. The van der Waals surface area contributed by atoms with Crippen molar-refractivity contribution in [1.29, 1.82) is 0 Å². The minimum absolute atomic E-state index is 0.964. The number of benzene rings is 1. The summed E-state index contributed by atoms with van der Waals surface area (Å²) in [5, 5.41) is 6.89. The summed E-state index contributed by atoms with van der Waals surface area (Å²) in [6.07, 6.45) is 3.88. The van der Waals surface area contributed by atoms with Crippen LogP contribution in [-0.4, -0.2) is 29.9 Å². The Labute approximate surface area is 109 Å². The molecule has 2 nitrogen and oxygen atoms in total. The van der Waals surface area contributed by atoms with E-state index in [4.69, 9.17) is 0 Å². The highest BCUT2D eigenvalue weighted by Gasteiger charge is 1.91. The molecule has 0 aliphatic rings. The van der Waals surface area contributed by atoms with E-state index in [9.17, 15) is 0 Å². The zero-order valence-electron chi connectivity index (χ0n) is 10.5. The van der Waals surface area contributed by atoms with E-state index in [0.29, 0.717) is 0 Å². The monoisotopic (exact) mass is 247 g/mol. The van der Waals surface area contributed by atoms with Crippen LogP contribution in [0.4, 0.5) is 0 Å². The Bertz CT molecular complexity index is 264. The summed E-state index contributed by atoms with van der Waals surface area (Å²) >= 11 is 0. The molecule has 0 saturated heterocycles. The molecule has 0 heterocycles.